The van der Waals surface area contributed by atoms with E-state index in [1.807, 2.05) is 6.92 Å². The smallest absolute Gasteiger partial charge is 0.132 e. The number of phenols is 1. The molecule has 0 aliphatic heterocycles. The second-order valence-corrected chi connectivity index (χ2v) is 3.04. The molecule has 0 saturated carbocycles. The van der Waals surface area contributed by atoms with Gasteiger partial charge in [0.2, 0.25) is 0 Å². The van der Waals surface area contributed by atoms with E-state index in [4.69, 9.17) is 5.11 Å². The van der Waals surface area contributed by atoms with E-state index in [0.29, 0.717) is 10.9 Å². The Morgan fingerprint density at radius 3 is 2.73 bits per heavy atom. The average Bonchev–Trinajstić information content (AvgIpc) is 1.96. The van der Waals surface area contributed by atoms with Gasteiger partial charge in [-0.1, -0.05) is 6.92 Å². The van der Waals surface area contributed by atoms with Crippen molar-refractivity contribution < 1.29 is 9.50 Å². The Kier molecular flexibility index (Phi) is 2.49. The molecule has 0 heterocycles. The van der Waals surface area contributed by atoms with Gasteiger partial charge in [0.1, 0.15) is 11.6 Å². The number of hydrogen-bond acceptors (Lipinski definition) is 1. The van der Waals surface area contributed by atoms with Crippen LogP contribution >= 0.6 is 15.9 Å². The van der Waals surface area contributed by atoms with Crippen LogP contribution in [0, 0.1) is 5.82 Å². The molecule has 0 saturated heterocycles. The zero-order chi connectivity index (χ0) is 8.43. The maximum absolute atomic E-state index is 12.6. The molecule has 0 radical (unpaired) electrons. The summed E-state index contributed by atoms with van der Waals surface area (Å²) in [7, 11) is 0. The molecule has 0 bridgehead atoms. The summed E-state index contributed by atoms with van der Waals surface area (Å²) in [6.45, 7) is 1.90. The SMILES string of the molecule is CCc1cc(F)cc(O)c1Br. The van der Waals surface area contributed by atoms with Gasteiger partial charge in [-0.2, -0.15) is 0 Å². The van der Waals surface area contributed by atoms with Crippen LogP contribution in [0.5, 0.6) is 5.75 Å². The summed E-state index contributed by atoms with van der Waals surface area (Å²) in [6, 6.07) is 2.49. The van der Waals surface area contributed by atoms with Gasteiger partial charge in [-0.15, -0.1) is 0 Å². The van der Waals surface area contributed by atoms with Crippen molar-refractivity contribution in [3.8, 4) is 5.75 Å². The fourth-order valence-electron chi connectivity index (χ4n) is 0.887. The summed E-state index contributed by atoms with van der Waals surface area (Å²) in [6.07, 6.45) is 0.700. The predicted molar refractivity (Wildman–Crippen MR) is 45.1 cm³/mol. The van der Waals surface area contributed by atoms with Gasteiger partial charge in [0.25, 0.3) is 0 Å². The number of benzene rings is 1. The minimum absolute atomic E-state index is 0.0400. The molecule has 0 aromatic heterocycles. The molecule has 1 rings (SSSR count). The highest BCUT2D eigenvalue weighted by Crippen LogP contribution is 2.28. The van der Waals surface area contributed by atoms with E-state index >= 15 is 0 Å². The first-order chi connectivity index (χ1) is 5.15. The van der Waals surface area contributed by atoms with Gasteiger partial charge in [-0.3, -0.25) is 0 Å². The minimum Gasteiger partial charge on any atom is -0.507 e. The Labute approximate surface area is 73.0 Å². The van der Waals surface area contributed by atoms with Crippen LogP contribution in [0.2, 0.25) is 0 Å². The minimum atomic E-state index is -0.400. The molecule has 0 atom stereocenters. The van der Waals surface area contributed by atoms with Gasteiger partial charge >= 0.3 is 0 Å². The van der Waals surface area contributed by atoms with Crippen LogP contribution < -0.4 is 0 Å². The molecule has 11 heavy (non-hydrogen) atoms. The zero-order valence-electron chi connectivity index (χ0n) is 6.06. The van der Waals surface area contributed by atoms with Crippen LogP contribution in [-0.2, 0) is 6.42 Å². The average molecular weight is 219 g/mol. The van der Waals surface area contributed by atoms with Gasteiger partial charge in [-0.25, -0.2) is 4.39 Å². The number of halogens is 2. The lowest BCUT2D eigenvalue weighted by atomic mass is 10.1. The second kappa shape index (κ2) is 3.22. The first kappa shape index (κ1) is 8.53. The monoisotopic (exact) mass is 218 g/mol. The summed E-state index contributed by atoms with van der Waals surface area (Å²) in [4.78, 5) is 0. The highest BCUT2D eigenvalue weighted by atomic mass is 79.9. The Morgan fingerprint density at radius 1 is 1.55 bits per heavy atom. The molecule has 1 nitrogen and oxygen atoms in total. The molecule has 1 N–H and O–H groups in total. The van der Waals surface area contributed by atoms with Gasteiger partial charge in [0.15, 0.2) is 0 Å². The van der Waals surface area contributed by atoms with Crippen LogP contribution in [0.4, 0.5) is 4.39 Å². The Morgan fingerprint density at radius 2 is 2.18 bits per heavy atom. The van der Waals surface area contributed by atoms with Crippen molar-refractivity contribution in [3.05, 3.63) is 28.0 Å². The van der Waals surface area contributed by atoms with E-state index in [0.717, 1.165) is 11.6 Å². The van der Waals surface area contributed by atoms with Crippen molar-refractivity contribution in [2.45, 2.75) is 13.3 Å². The number of aromatic hydroxyl groups is 1. The van der Waals surface area contributed by atoms with Gasteiger partial charge < -0.3 is 5.11 Å². The molecule has 60 valence electrons. The fraction of sp³-hybridized carbons (Fsp3) is 0.250. The van der Waals surface area contributed by atoms with Crippen LogP contribution in [0.3, 0.4) is 0 Å². The quantitative estimate of drug-likeness (QED) is 0.769. The normalized spacial score (nSPS) is 10.1. The number of hydrogen-bond donors (Lipinski definition) is 1. The molecule has 0 spiro atoms. The Bertz CT molecular complexity index is 273. The van der Waals surface area contributed by atoms with Crippen LogP contribution in [0.1, 0.15) is 12.5 Å². The van der Waals surface area contributed by atoms with E-state index in [2.05, 4.69) is 15.9 Å². The fourth-order valence-corrected chi connectivity index (χ4v) is 1.40. The van der Waals surface area contributed by atoms with Gasteiger partial charge in [0, 0.05) is 6.07 Å². The van der Waals surface area contributed by atoms with E-state index in [1.54, 1.807) is 0 Å². The number of aryl methyl sites for hydroxylation is 1. The lowest BCUT2D eigenvalue weighted by molar-refractivity contribution is 0.464. The summed E-state index contributed by atoms with van der Waals surface area (Å²) >= 11 is 3.16. The molecule has 1 aromatic carbocycles. The van der Waals surface area contributed by atoms with Crippen molar-refractivity contribution >= 4 is 15.9 Å². The van der Waals surface area contributed by atoms with Crippen molar-refractivity contribution in [1.82, 2.24) is 0 Å². The first-order valence-corrected chi connectivity index (χ1v) is 4.11. The Balaban J connectivity index is 3.24. The largest absolute Gasteiger partial charge is 0.507 e. The molecular weight excluding hydrogens is 211 g/mol. The second-order valence-electron chi connectivity index (χ2n) is 2.25. The van der Waals surface area contributed by atoms with Crippen molar-refractivity contribution in [2.75, 3.05) is 0 Å². The maximum Gasteiger partial charge on any atom is 0.132 e. The van der Waals surface area contributed by atoms with E-state index in [9.17, 15) is 4.39 Å². The molecule has 0 aliphatic carbocycles. The third-order valence-electron chi connectivity index (χ3n) is 1.47. The van der Waals surface area contributed by atoms with Crippen molar-refractivity contribution in [2.24, 2.45) is 0 Å². The lowest BCUT2D eigenvalue weighted by Gasteiger charge is -2.02. The first-order valence-electron chi connectivity index (χ1n) is 3.32. The van der Waals surface area contributed by atoms with Crippen LogP contribution in [0.15, 0.2) is 16.6 Å². The predicted octanol–water partition coefficient (Wildman–Crippen LogP) is 2.86. The van der Waals surface area contributed by atoms with Crippen molar-refractivity contribution in [1.29, 1.82) is 0 Å². The van der Waals surface area contributed by atoms with E-state index in [-0.39, 0.29) is 5.75 Å². The number of phenolic OH excluding ortho intramolecular Hbond substituents is 1. The maximum atomic E-state index is 12.6. The lowest BCUT2D eigenvalue weighted by Crippen LogP contribution is -1.85. The summed E-state index contributed by atoms with van der Waals surface area (Å²) in [5.74, 6) is -0.440. The van der Waals surface area contributed by atoms with Gasteiger partial charge in [0.05, 0.1) is 4.47 Å². The molecule has 3 heteroatoms. The highest BCUT2D eigenvalue weighted by molar-refractivity contribution is 9.10. The Hall–Kier alpha value is -0.570. The highest BCUT2D eigenvalue weighted by Gasteiger charge is 2.05. The summed E-state index contributed by atoms with van der Waals surface area (Å²) in [5, 5.41) is 9.13. The summed E-state index contributed by atoms with van der Waals surface area (Å²) in [5.41, 5.74) is 0.780. The molecule has 0 unspecified atom stereocenters. The third-order valence-corrected chi connectivity index (χ3v) is 2.39. The van der Waals surface area contributed by atoms with Crippen LogP contribution in [-0.4, -0.2) is 5.11 Å². The molecule has 0 aliphatic rings. The molecule has 0 fully saturated rings. The molecule has 1 aromatic rings. The zero-order valence-corrected chi connectivity index (χ0v) is 7.65. The molecule has 0 amide bonds. The number of rotatable bonds is 1. The van der Waals surface area contributed by atoms with Crippen molar-refractivity contribution in [3.63, 3.8) is 0 Å². The van der Waals surface area contributed by atoms with Crippen LogP contribution in [0.25, 0.3) is 0 Å². The van der Waals surface area contributed by atoms with Gasteiger partial charge in [-0.05, 0) is 34.0 Å². The molecular formula is C8H8BrFO. The summed E-state index contributed by atoms with van der Waals surface area (Å²) < 4.78 is 13.2. The topological polar surface area (TPSA) is 20.2 Å². The standard InChI is InChI=1S/C8H8BrFO/c1-2-5-3-6(10)4-7(11)8(5)9/h3-4,11H,2H2,1H3. The third kappa shape index (κ3) is 1.71. The van der Waals surface area contributed by atoms with E-state index < -0.39 is 5.82 Å². The van der Waals surface area contributed by atoms with E-state index in [1.165, 1.54) is 6.07 Å².